The van der Waals surface area contributed by atoms with Crippen LogP contribution in [0.1, 0.15) is 70.8 Å². The van der Waals surface area contributed by atoms with Gasteiger partial charge in [-0.15, -0.1) is 11.3 Å². The third-order valence-electron chi connectivity index (χ3n) is 6.00. The van der Waals surface area contributed by atoms with Crippen molar-refractivity contribution in [2.75, 3.05) is 6.54 Å². The summed E-state index contributed by atoms with van der Waals surface area (Å²) in [5, 5.41) is 0.945. The van der Waals surface area contributed by atoms with Crippen LogP contribution in [0.25, 0.3) is 10.2 Å². The van der Waals surface area contributed by atoms with Gasteiger partial charge in [-0.2, -0.15) is 0 Å². The first-order chi connectivity index (χ1) is 13.6. The van der Waals surface area contributed by atoms with E-state index in [4.69, 9.17) is 9.40 Å². The molecular formula is C22H22N2O3S. The van der Waals surface area contributed by atoms with E-state index in [0.717, 1.165) is 52.2 Å². The predicted molar refractivity (Wildman–Crippen MR) is 109 cm³/mol. The van der Waals surface area contributed by atoms with Crippen LogP contribution in [-0.2, 0) is 0 Å². The minimum Gasteiger partial charge on any atom is -0.427 e. The van der Waals surface area contributed by atoms with E-state index >= 15 is 0 Å². The molecule has 144 valence electrons. The van der Waals surface area contributed by atoms with E-state index in [0.29, 0.717) is 12.5 Å². The van der Waals surface area contributed by atoms with Crippen LogP contribution < -0.4 is 5.63 Å². The zero-order valence-corrected chi connectivity index (χ0v) is 16.6. The van der Waals surface area contributed by atoms with Gasteiger partial charge in [0.05, 0.1) is 16.3 Å². The van der Waals surface area contributed by atoms with Crippen molar-refractivity contribution in [3.8, 4) is 0 Å². The van der Waals surface area contributed by atoms with Gasteiger partial charge < -0.3 is 9.32 Å². The monoisotopic (exact) mass is 394 g/mol. The Morgan fingerprint density at radius 2 is 2.04 bits per heavy atom. The van der Waals surface area contributed by atoms with E-state index in [1.807, 2.05) is 31.2 Å². The molecule has 0 bridgehead atoms. The third kappa shape index (κ3) is 2.87. The first kappa shape index (κ1) is 17.6. The third-order valence-corrected chi connectivity index (χ3v) is 7.14. The van der Waals surface area contributed by atoms with E-state index < -0.39 is 5.63 Å². The minimum atomic E-state index is -0.498. The number of rotatable bonds is 3. The second kappa shape index (κ2) is 6.85. The number of aryl methyl sites for hydroxylation is 1. The molecule has 1 aliphatic carbocycles. The van der Waals surface area contributed by atoms with Crippen LogP contribution in [0.5, 0.6) is 0 Å². The highest BCUT2D eigenvalue weighted by molar-refractivity contribution is 7.18. The first-order valence-electron chi connectivity index (χ1n) is 9.93. The van der Waals surface area contributed by atoms with Gasteiger partial charge in [0.15, 0.2) is 0 Å². The summed E-state index contributed by atoms with van der Waals surface area (Å²) in [6, 6.07) is 9.84. The summed E-state index contributed by atoms with van der Waals surface area (Å²) in [7, 11) is 0. The number of amides is 1. The average molecular weight is 394 g/mol. The number of carbonyl (C=O) groups excluding carboxylic acids is 1. The summed E-state index contributed by atoms with van der Waals surface area (Å²) >= 11 is 1.63. The molecule has 1 saturated carbocycles. The van der Waals surface area contributed by atoms with Crippen molar-refractivity contribution in [2.24, 2.45) is 0 Å². The van der Waals surface area contributed by atoms with E-state index in [1.165, 1.54) is 6.42 Å². The number of para-hydroxylation sites is 1. The molecule has 1 unspecified atom stereocenters. The number of thiazole rings is 1. The summed E-state index contributed by atoms with van der Waals surface area (Å²) in [5.74, 6) is 0.834. The fourth-order valence-corrected chi connectivity index (χ4v) is 5.34. The molecule has 6 heteroatoms. The molecule has 1 atom stereocenters. The average Bonchev–Trinajstić information content (AvgIpc) is 3.26. The summed E-state index contributed by atoms with van der Waals surface area (Å²) in [6.45, 7) is 2.48. The van der Waals surface area contributed by atoms with E-state index in [9.17, 15) is 9.59 Å². The Labute approximate surface area is 167 Å². The second-order valence-electron chi connectivity index (χ2n) is 7.80. The Morgan fingerprint density at radius 3 is 2.75 bits per heavy atom. The number of nitrogens with zero attached hydrogens (tertiary/aromatic N) is 2. The lowest BCUT2D eigenvalue weighted by Crippen LogP contribution is -2.34. The minimum absolute atomic E-state index is 0.0741. The van der Waals surface area contributed by atoms with Crippen molar-refractivity contribution >= 4 is 27.5 Å². The lowest BCUT2D eigenvalue weighted by Gasteiger charge is -2.26. The summed E-state index contributed by atoms with van der Waals surface area (Å²) < 4.78 is 6.67. The van der Waals surface area contributed by atoms with Crippen LogP contribution in [0.15, 0.2) is 39.5 Å². The van der Waals surface area contributed by atoms with Gasteiger partial charge >= 0.3 is 5.63 Å². The predicted octanol–water partition coefficient (Wildman–Crippen LogP) is 4.80. The van der Waals surface area contributed by atoms with Gasteiger partial charge in [0.1, 0.15) is 16.3 Å². The van der Waals surface area contributed by atoms with Gasteiger partial charge in [-0.25, -0.2) is 9.78 Å². The SMILES string of the molecule is Cc1cc(C2CCC2)oc(=O)c1C(=O)N1CCCC1c1nc2ccccc2s1. The van der Waals surface area contributed by atoms with E-state index in [-0.39, 0.29) is 17.5 Å². The number of fused-ring (bicyclic) bond motifs is 1. The van der Waals surface area contributed by atoms with Crippen molar-refractivity contribution in [3.63, 3.8) is 0 Å². The summed E-state index contributed by atoms with van der Waals surface area (Å²) in [4.78, 5) is 32.5. The topological polar surface area (TPSA) is 63.4 Å². The van der Waals surface area contributed by atoms with E-state index in [1.54, 1.807) is 16.2 Å². The van der Waals surface area contributed by atoms with Crippen molar-refractivity contribution < 1.29 is 9.21 Å². The van der Waals surface area contributed by atoms with Gasteiger partial charge in [0, 0.05) is 12.5 Å². The standard InChI is InChI=1S/C22H22N2O3S/c1-13-12-17(14-6-4-7-14)27-22(26)19(13)21(25)24-11-5-9-16(24)20-23-15-8-2-3-10-18(15)28-20/h2-3,8,10,12,14,16H,4-7,9,11H2,1H3. The molecule has 5 rings (SSSR count). The Morgan fingerprint density at radius 1 is 1.21 bits per heavy atom. The lowest BCUT2D eigenvalue weighted by molar-refractivity contribution is 0.0729. The summed E-state index contributed by atoms with van der Waals surface area (Å²) in [5.41, 5.74) is 1.36. The first-order valence-corrected chi connectivity index (χ1v) is 10.7. The smallest absolute Gasteiger partial charge is 0.349 e. The molecule has 0 spiro atoms. The van der Waals surface area contributed by atoms with Crippen LogP contribution >= 0.6 is 11.3 Å². The van der Waals surface area contributed by atoms with Crippen LogP contribution in [-0.4, -0.2) is 22.3 Å². The molecule has 0 radical (unpaired) electrons. The molecule has 1 aromatic carbocycles. The van der Waals surface area contributed by atoms with E-state index in [2.05, 4.69) is 6.07 Å². The highest BCUT2D eigenvalue weighted by Gasteiger charge is 2.35. The molecule has 1 amide bonds. The molecule has 1 aliphatic heterocycles. The molecule has 0 N–H and O–H groups in total. The Kier molecular flexibility index (Phi) is 4.31. The number of hydrogen-bond acceptors (Lipinski definition) is 5. The number of benzene rings is 1. The van der Waals surface area contributed by atoms with Crippen LogP contribution in [0.3, 0.4) is 0 Å². The van der Waals surface area contributed by atoms with Gasteiger partial charge in [0.25, 0.3) is 5.91 Å². The molecule has 2 aliphatic rings. The summed E-state index contributed by atoms with van der Waals surface area (Å²) in [6.07, 6.45) is 5.07. The zero-order valence-electron chi connectivity index (χ0n) is 15.8. The largest absolute Gasteiger partial charge is 0.427 e. The highest BCUT2D eigenvalue weighted by Crippen LogP contribution is 2.38. The molecule has 2 fully saturated rings. The normalized spacial score (nSPS) is 19.9. The van der Waals surface area contributed by atoms with Crippen LogP contribution in [0.2, 0.25) is 0 Å². The van der Waals surface area contributed by atoms with Crippen molar-refractivity contribution in [3.05, 3.63) is 62.6 Å². The maximum Gasteiger partial charge on any atom is 0.349 e. The Bertz CT molecular complexity index is 1080. The van der Waals surface area contributed by atoms with Gasteiger partial charge in [0.2, 0.25) is 0 Å². The molecular weight excluding hydrogens is 372 g/mol. The zero-order chi connectivity index (χ0) is 19.3. The quantitative estimate of drug-likeness (QED) is 0.640. The highest BCUT2D eigenvalue weighted by atomic mass is 32.1. The fraction of sp³-hybridized carbons (Fsp3) is 0.409. The molecule has 5 nitrogen and oxygen atoms in total. The number of hydrogen-bond donors (Lipinski definition) is 0. The van der Waals surface area contributed by atoms with Crippen LogP contribution in [0, 0.1) is 6.92 Å². The molecule has 1 saturated heterocycles. The lowest BCUT2D eigenvalue weighted by atomic mass is 9.83. The number of carbonyl (C=O) groups is 1. The Balaban J connectivity index is 1.48. The van der Waals surface area contributed by atoms with Crippen molar-refractivity contribution in [1.29, 1.82) is 0 Å². The number of likely N-dealkylation sites (tertiary alicyclic amines) is 1. The number of aromatic nitrogens is 1. The van der Waals surface area contributed by atoms with Crippen molar-refractivity contribution in [2.45, 2.75) is 51.0 Å². The molecule has 3 aromatic rings. The molecule has 2 aromatic heterocycles. The fourth-order valence-electron chi connectivity index (χ4n) is 4.23. The maximum absolute atomic E-state index is 13.3. The Hall–Kier alpha value is -2.47. The maximum atomic E-state index is 13.3. The van der Waals surface area contributed by atoms with Gasteiger partial charge in [-0.1, -0.05) is 18.6 Å². The van der Waals surface area contributed by atoms with Gasteiger partial charge in [-0.3, -0.25) is 4.79 Å². The van der Waals surface area contributed by atoms with Gasteiger partial charge in [-0.05, 0) is 56.4 Å². The van der Waals surface area contributed by atoms with Crippen LogP contribution in [0.4, 0.5) is 0 Å². The second-order valence-corrected chi connectivity index (χ2v) is 8.86. The molecule has 28 heavy (non-hydrogen) atoms. The van der Waals surface area contributed by atoms with Crippen molar-refractivity contribution in [1.82, 2.24) is 9.88 Å². The molecule has 3 heterocycles.